The van der Waals surface area contributed by atoms with Crippen molar-refractivity contribution in [3.8, 4) is 11.5 Å². The van der Waals surface area contributed by atoms with Gasteiger partial charge in [0.1, 0.15) is 23.9 Å². The molecule has 3 rings (SSSR count). The average Bonchev–Trinajstić information content (AvgIpc) is 2.72. The zero-order valence-corrected chi connectivity index (χ0v) is 18.1. The van der Waals surface area contributed by atoms with E-state index in [0.29, 0.717) is 23.4 Å². The van der Waals surface area contributed by atoms with E-state index in [1.807, 2.05) is 32.8 Å². The molecule has 0 atom stereocenters. The summed E-state index contributed by atoms with van der Waals surface area (Å²) in [4.78, 5) is 2.04. The van der Waals surface area contributed by atoms with E-state index in [1.165, 1.54) is 30.3 Å². The molecule has 0 spiro atoms. The predicted octanol–water partition coefficient (Wildman–Crippen LogP) is 5.10. The quantitative estimate of drug-likeness (QED) is 0.480. The third kappa shape index (κ3) is 7.25. The summed E-state index contributed by atoms with van der Waals surface area (Å²) < 4.78 is 61.2. The molecule has 1 N–H and O–H groups in total. The highest BCUT2D eigenvalue weighted by Crippen LogP contribution is 2.40. The van der Waals surface area contributed by atoms with E-state index in [9.17, 15) is 17.6 Å². The molecule has 2 aromatic rings. The topological polar surface area (TPSA) is 33.7 Å². The van der Waals surface area contributed by atoms with Crippen molar-refractivity contribution in [1.29, 1.82) is 0 Å². The normalized spacial score (nSPS) is 13.3. The average molecular weight is 440 g/mol. The molecule has 0 saturated heterocycles. The van der Waals surface area contributed by atoms with Crippen molar-refractivity contribution in [3.63, 3.8) is 0 Å². The van der Waals surface area contributed by atoms with Crippen LogP contribution < -0.4 is 14.8 Å². The van der Waals surface area contributed by atoms with Crippen LogP contribution in [0.3, 0.4) is 0 Å². The van der Waals surface area contributed by atoms with Crippen molar-refractivity contribution >= 4 is 5.57 Å². The number of rotatable bonds is 7. The van der Waals surface area contributed by atoms with Gasteiger partial charge in [-0.2, -0.15) is 0 Å². The molecule has 0 aliphatic carbocycles. The lowest BCUT2D eigenvalue weighted by Crippen LogP contribution is -2.30. The smallest absolute Gasteiger partial charge is 0.489 e. The predicted molar refractivity (Wildman–Crippen MR) is 114 cm³/mol. The van der Waals surface area contributed by atoms with Crippen LogP contribution >= 0.6 is 0 Å². The number of alkyl halides is 3. The Hall–Kier alpha value is -2.58. The number of likely N-dealkylation sites (N-methyl/N-ethyl adjacent to an activating group) is 1. The Kier molecular flexibility index (Phi) is 8.88. The molecule has 8 heteroatoms. The van der Waals surface area contributed by atoms with E-state index >= 15 is 0 Å². The van der Waals surface area contributed by atoms with Crippen LogP contribution in [0.1, 0.15) is 25.0 Å². The van der Waals surface area contributed by atoms with Gasteiger partial charge in [0.05, 0.1) is 0 Å². The van der Waals surface area contributed by atoms with Crippen molar-refractivity contribution in [2.45, 2.75) is 20.2 Å². The Labute approximate surface area is 180 Å². The summed E-state index contributed by atoms with van der Waals surface area (Å²) in [5.41, 5.74) is 2.77. The van der Waals surface area contributed by atoms with Gasteiger partial charge in [-0.1, -0.05) is 26.0 Å². The first-order chi connectivity index (χ1) is 14.7. The van der Waals surface area contributed by atoms with Gasteiger partial charge in [-0.15, -0.1) is 13.2 Å². The van der Waals surface area contributed by atoms with Gasteiger partial charge < -0.3 is 19.7 Å². The fourth-order valence-corrected chi connectivity index (χ4v) is 3.11. The van der Waals surface area contributed by atoms with Crippen LogP contribution in [0.25, 0.3) is 5.57 Å². The van der Waals surface area contributed by atoms with E-state index in [2.05, 4.69) is 10.1 Å². The fourth-order valence-electron chi connectivity index (χ4n) is 3.11. The van der Waals surface area contributed by atoms with Crippen LogP contribution in [0.15, 0.2) is 48.0 Å². The van der Waals surface area contributed by atoms with Gasteiger partial charge in [-0.05, 0) is 61.1 Å². The summed E-state index contributed by atoms with van der Waals surface area (Å²) in [6.45, 7) is 6.34. The Bertz CT molecular complexity index is 878. The van der Waals surface area contributed by atoms with Crippen LogP contribution in [0.5, 0.6) is 11.5 Å². The second-order valence-electron chi connectivity index (χ2n) is 6.96. The third-order valence-electron chi connectivity index (χ3n) is 4.42. The number of ether oxygens (including phenoxy) is 2. The van der Waals surface area contributed by atoms with Gasteiger partial charge in [0, 0.05) is 25.2 Å². The molecule has 0 amide bonds. The Morgan fingerprint density at radius 2 is 1.74 bits per heavy atom. The Morgan fingerprint density at radius 1 is 1.06 bits per heavy atom. The minimum absolute atomic E-state index is 0.286. The molecule has 2 aromatic carbocycles. The Morgan fingerprint density at radius 3 is 2.35 bits per heavy atom. The molecule has 1 aliphatic rings. The molecule has 31 heavy (non-hydrogen) atoms. The number of nitrogens with zero attached hydrogens (tertiary/aromatic N) is 1. The van der Waals surface area contributed by atoms with Crippen LogP contribution in [0, 0.1) is 5.82 Å². The zero-order valence-electron chi connectivity index (χ0n) is 18.1. The molecule has 0 unspecified atom stereocenters. The van der Waals surface area contributed by atoms with E-state index in [-0.39, 0.29) is 18.2 Å². The molecule has 0 saturated carbocycles. The molecular formula is C23H28F4N2O2. The SMILES string of the molecule is CC.CN(C)CCNCC1=C(c2ccc(F)cc2)c2cc(OC(F)(F)F)ccc2OC1. The lowest BCUT2D eigenvalue weighted by atomic mass is 9.90. The highest BCUT2D eigenvalue weighted by Gasteiger charge is 2.32. The molecule has 4 nitrogen and oxygen atoms in total. The first-order valence-corrected chi connectivity index (χ1v) is 10.1. The fraction of sp³-hybridized carbons (Fsp3) is 0.391. The molecule has 0 radical (unpaired) electrons. The number of benzene rings is 2. The summed E-state index contributed by atoms with van der Waals surface area (Å²) in [6, 6.07) is 9.84. The van der Waals surface area contributed by atoms with Crippen LogP contribution in [-0.2, 0) is 0 Å². The molecule has 1 aliphatic heterocycles. The number of nitrogens with one attached hydrogen (secondary N) is 1. The van der Waals surface area contributed by atoms with Crippen LogP contribution in [0.4, 0.5) is 17.6 Å². The van der Waals surface area contributed by atoms with E-state index in [1.54, 1.807) is 12.1 Å². The number of fused-ring (bicyclic) bond motifs is 1. The molecule has 1 heterocycles. The monoisotopic (exact) mass is 440 g/mol. The lowest BCUT2D eigenvalue weighted by molar-refractivity contribution is -0.274. The lowest BCUT2D eigenvalue weighted by Gasteiger charge is -2.26. The first-order valence-electron chi connectivity index (χ1n) is 10.1. The maximum absolute atomic E-state index is 13.4. The summed E-state index contributed by atoms with van der Waals surface area (Å²) in [7, 11) is 3.93. The number of hydrogen-bond acceptors (Lipinski definition) is 4. The molecular weight excluding hydrogens is 412 g/mol. The molecule has 0 aromatic heterocycles. The minimum Gasteiger partial charge on any atom is -0.489 e. The van der Waals surface area contributed by atoms with Crippen LogP contribution in [-0.4, -0.2) is 51.6 Å². The minimum atomic E-state index is -4.79. The largest absolute Gasteiger partial charge is 0.573 e. The maximum atomic E-state index is 13.4. The number of halogens is 4. The van der Waals surface area contributed by atoms with Gasteiger partial charge >= 0.3 is 6.36 Å². The van der Waals surface area contributed by atoms with Gasteiger partial charge in [0.2, 0.25) is 0 Å². The van der Waals surface area contributed by atoms with Crippen molar-refractivity contribution in [2.24, 2.45) is 0 Å². The number of hydrogen-bond donors (Lipinski definition) is 1. The summed E-state index contributed by atoms with van der Waals surface area (Å²) in [6.07, 6.45) is -4.79. The highest BCUT2D eigenvalue weighted by atomic mass is 19.4. The van der Waals surface area contributed by atoms with Gasteiger partial charge in [-0.25, -0.2) is 4.39 Å². The van der Waals surface area contributed by atoms with Crippen molar-refractivity contribution in [1.82, 2.24) is 10.2 Å². The molecule has 0 fully saturated rings. The van der Waals surface area contributed by atoms with Crippen molar-refractivity contribution in [3.05, 3.63) is 65.0 Å². The Balaban J connectivity index is 0.00000166. The van der Waals surface area contributed by atoms with E-state index in [0.717, 1.165) is 24.2 Å². The summed E-state index contributed by atoms with van der Waals surface area (Å²) in [5.74, 6) is -0.265. The van der Waals surface area contributed by atoms with E-state index < -0.39 is 6.36 Å². The molecule has 170 valence electrons. The maximum Gasteiger partial charge on any atom is 0.573 e. The van der Waals surface area contributed by atoms with Crippen molar-refractivity contribution in [2.75, 3.05) is 40.3 Å². The second-order valence-corrected chi connectivity index (χ2v) is 6.96. The molecule has 0 bridgehead atoms. The van der Waals surface area contributed by atoms with Gasteiger partial charge in [-0.3, -0.25) is 0 Å². The summed E-state index contributed by atoms with van der Waals surface area (Å²) in [5, 5.41) is 3.32. The van der Waals surface area contributed by atoms with Gasteiger partial charge in [0.15, 0.2) is 0 Å². The van der Waals surface area contributed by atoms with Crippen molar-refractivity contribution < 1.29 is 27.0 Å². The highest BCUT2D eigenvalue weighted by molar-refractivity contribution is 5.87. The second kappa shape index (κ2) is 11.2. The zero-order chi connectivity index (χ0) is 23.0. The first kappa shape index (κ1) is 24.7. The van der Waals surface area contributed by atoms with E-state index in [4.69, 9.17) is 4.74 Å². The van der Waals surface area contributed by atoms with Crippen LogP contribution in [0.2, 0.25) is 0 Å². The summed E-state index contributed by atoms with van der Waals surface area (Å²) >= 11 is 0. The standard InChI is InChI=1S/C21H22F4N2O2.C2H6/c1-27(2)10-9-26-12-15-13-28-19-8-7-17(29-21(23,24)25)11-18(19)20(15)14-3-5-16(22)6-4-14;1-2/h3-8,11,26H,9-10,12-13H2,1-2H3;1-2H3. The van der Waals surface area contributed by atoms with Gasteiger partial charge in [0.25, 0.3) is 0 Å². The third-order valence-corrected chi connectivity index (χ3v) is 4.42.